The molecule has 1 fully saturated rings. The summed E-state index contributed by atoms with van der Waals surface area (Å²) in [4.78, 5) is 8.87. The predicted octanol–water partition coefficient (Wildman–Crippen LogP) is 1.58. The molecule has 120 valence electrons. The minimum absolute atomic E-state index is 0.478. The summed E-state index contributed by atoms with van der Waals surface area (Å²) in [6.45, 7) is 11.7. The molecule has 5 heteroatoms. The number of nitrogens with zero attached hydrogens (tertiary/aromatic N) is 3. The van der Waals surface area contributed by atoms with Crippen LogP contribution in [-0.2, 0) is 0 Å². The van der Waals surface area contributed by atoms with Crippen LogP contribution < -0.4 is 5.32 Å². The number of piperazine rings is 1. The molecule has 1 aromatic rings. The van der Waals surface area contributed by atoms with Crippen LogP contribution >= 0.6 is 11.3 Å². The Hall–Kier alpha value is -0.460. The van der Waals surface area contributed by atoms with Gasteiger partial charge in [0.25, 0.3) is 0 Å². The molecule has 1 aromatic heterocycles. The normalized spacial score (nSPS) is 19.2. The quantitative estimate of drug-likeness (QED) is 0.787. The Kier molecular flexibility index (Phi) is 7.13. The summed E-state index contributed by atoms with van der Waals surface area (Å²) in [5.41, 5.74) is 0. The first-order valence-electron chi connectivity index (χ1n) is 8.01. The Balaban J connectivity index is 1.56. The highest BCUT2D eigenvalue weighted by Crippen LogP contribution is 2.17. The lowest BCUT2D eigenvalue weighted by atomic mass is 10.2. The molecule has 1 atom stereocenters. The van der Waals surface area contributed by atoms with Crippen molar-refractivity contribution in [1.29, 1.82) is 0 Å². The first-order valence-corrected chi connectivity index (χ1v) is 8.89. The standard InChI is InChI=1S/C16H30N4S/c1-15(16-5-4-14-21-16)17-6-7-19-10-12-20(13-11-19)9-8-18(2)3/h4-5,14-15,17H,6-13H2,1-3H3. The van der Waals surface area contributed by atoms with Crippen molar-refractivity contribution in [3.05, 3.63) is 22.4 Å². The zero-order valence-corrected chi connectivity index (χ0v) is 14.5. The van der Waals surface area contributed by atoms with Crippen LogP contribution in [0.4, 0.5) is 0 Å². The van der Waals surface area contributed by atoms with Crippen LogP contribution in [0.3, 0.4) is 0 Å². The molecule has 2 heterocycles. The molecule has 1 aliphatic rings. The van der Waals surface area contributed by atoms with E-state index in [0.29, 0.717) is 6.04 Å². The molecule has 1 aliphatic heterocycles. The van der Waals surface area contributed by atoms with Crippen molar-refractivity contribution in [1.82, 2.24) is 20.0 Å². The molecule has 1 unspecified atom stereocenters. The third kappa shape index (κ3) is 6.04. The van der Waals surface area contributed by atoms with E-state index in [1.807, 2.05) is 11.3 Å². The van der Waals surface area contributed by atoms with E-state index >= 15 is 0 Å². The average molecular weight is 311 g/mol. The number of rotatable bonds is 8. The predicted molar refractivity (Wildman–Crippen MR) is 92.2 cm³/mol. The van der Waals surface area contributed by atoms with E-state index in [2.05, 4.69) is 58.5 Å². The number of thiophene rings is 1. The Morgan fingerprint density at radius 1 is 1.19 bits per heavy atom. The van der Waals surface area contributed by atoms with Crippen molar-refractivity contribution in [3.63, 3.8) is 0 Å². The third-order valence-electron chi connectivity index (χ3n) is 4.18. The molecule has 1 saturated heterocycles. The molecule has 0 spiro atoms. The molecule has 0 saturated carbocycles. The second-order valence-electron chi connectivity index (χ2n) is 6.18. The zero-order valence-electron chi connectivity index (χ0n) is 13.7. The SMILES string of the molecule is CC(NCCN1CCN(CCN(C)C)CC1)c1cccs1. The maximum absolute atomic E-state index is 3.63. The first kappa shape index (κ1) is 16.9. The van der Waals surface area contributed by atoms with Crippen molar-refractivity contribution in [2.45, 2.75) is 13.0 Å². The Bertz CT molecular complexity index is 372. The van der Waals surface area contributed by atoms with Crippen molar-refractivity contribution in [2.24, 2.45) is 0 Å². The fourth-order valence-electron chi connectivity index (χ4n) is 2.66. The highest BCUT2D eigenvalue weighted by Gasteiger charge is 2.16. The molecule has 2 rings (SSSR count). The number of hydrogen-bond acceptors (Lipinski definition) is 5. The lowest BCUT2D eigenvalue weighted by Crippen LogP contribution is -2.49. The summed E-state index contributed by atoms with van der Waals surface area (Å²) < 4.78 is 0. The van der Waals surface area contributed by atoms with Gasteiger partial charge < -0.3 is 10.2 Å². The van der Waals surface area contributed by atoms with E-state index in [0.717, 1.165) is 13.1 Å². The van der Waals surface area contributed by atoms with Gasteiger partial charge in [-0.1, -0.05) is 6.07 Å². The molecule has 21 heavy (non-hydrogen) atoms. The summed E-state index contributed by atoms with van der Waals surface area (Å²) >= 11 is 1.84. The van der Waals surface area contributed by atoms with Gasteiger partial charge in [0.2, 0.25) is 0 Å². The van der Waals surface area contributed by atoms with Gasteiger partial charge in [-0.25, -0.2) is 0 Å². The molecule has 0 bridgehead atoms. The van der Waals surface area contributed by atoms with Gasteiger partial charge in [0, 0.05) is 63.3 Å². The molecule has 0 radical (unpaired) electrons. The second-order valence-corrected chi connectivity index (χ2v) is 7.16. The van der Waals surface area contributed by atoms with Gasteiger partial charge in [0.1, 0.15) is 0 Å². The van der Waals surface area contributed by atoms with Crippen molar-refractivity contribution < 1.29 is 0 Å². The van der Waals surface area contributed by atoms with E-state index in [4.69, 9.17) is 0 Å². The van der Waals surface area contributed by atoms with Crippen LogP contribution in [0.5, 0.6) is 0 Å². The third-order valence-corrected chi connectivity index (χ3v) is 5.23. The monoisotopic (exact) mass is 310 g/mol. The van der Waals surface area contributed by atoms with Crippen LogP contribution in [0.25, 0.3) is 0 Å². The largest absolute Gasteiger partial charge is 0.308 e. The van der Waals surface area contributed by atoms with Gasteiger partial charge in [-0.2, -0.15) is 0 Å². The van der Waals surface area contributed by atoms with E-state index in [1.165, 1.54) is 44.1 Å². The van der Waals surface area contributed by atoms with E-state index in [1.54, 1.807) is 0 Å². The van der Waals surface area contributed by atoms with Crippen LogP contribution in [0, 0.1) is 0 Å². The summed E-state index contributed by atoms with van der Waals surface area (Å²) in [6, 6.07) is 4.82. The minimum atomic E-state index is 0.478. The van der Waals surface area contributed by atoms with Gasteiger partial charge in [-0.15, -0.1) is 11.3 Å². The lowest BCUT2D eigenvalue weighted by Gasteiger charge is -2.35. The van der Waals surface area contributed by atoms with Crippen LogP contribution in [0.1, 0.15) is 17.8 Å². The van der Waals surface area contributed by atoms with Gasteiger partial charge in [0.15, 0.2) is 0 Å². The van der Waals surface area contributed by atoms with Crippen molar-refractivity contribution in [3.8, 4) is 0 Å². The molecule has 0 aromatic carbocycles. The van der Waals surface area contributed by atoms with Crippen LogP contribution in [0.2, 0.25) is 0 Å². The van der Waals surface area contributed by atoms with E-state index in [9.17, 15) is 0 Å². The number of likely N-dealkylation sites (N-methyl/N-ethyl adjacent to an activating group) is 1. The van der Waals surface area contributed by atoms with Crippen LogP contribution in [0.15, 0.2) is 17.5 Å². The summed E-state index contributed by atoms with van der Waals surface area (Å²) in [6.07, 6.45) is 0. The van der Waals surface area contributed by atoms with Gasteiger partial charge in [0.05, 0.1) is 0 Å². The average Bonchev–Trinajstić information content (AvgIpc) is 3.00. The summed E-state index contributed by atoms with van der Waals surface area (Å²) in [5.74, 6) is 0. The number of hydrogen-bond donors (Lipinski definition) is 1. The smallest absolute Gasteiger partial charge is 0.0386 e. The number of nitrogens with one attached hydrogen (secondary N) is 1. The highest BCUT2D eigenvalue weighted by molar-refractivity contribution is 7.10. The Morgan fingerprint density at radius 3 is 2.43 bits per heavy atom. The molecular formula is C16H30N4S. The molecular weight excluding hydrogens is 280 g/mol. The van der Waals surface area contributed by atoms with E-state index in [-0.39, 0.29) is 0 Å². The summed E-state index contributed by atoms with van der Waals surface area (Å²) in [5, 5.41) is 5.79. The fraction of sp³-hybridized carbons (Fsp3) is 0.750. The fourth-order valence-corrected chi connectivity index (χ4v) is 3.41. The highest BCUT2D eigenvalue weighted by atomic mass is 32.1. The molecule has 1 N–H and O–H groups in total. The Morgan fingerprint density at radius 2 is 1.86 bits per heavy atom. The molecule has 4 nitrogen and oxygen atoms in total. The van der Waals surface area contributed by atoms with Gasteiger partial charge >= 0.3 is 0 Å². The second kappa shape index (κ2) is 8.86. The Labute approximate surface area is 133 Å². The summed E-state index contributed by atoms with van der Waals surface area (Å²) in [7, 11) is 4.30. The van der Waals surface area contributed by atoms with Crippen molar-refractivity contribution >= 4 is 11.3 Å². The maximum atomic E-state index is 3.63. The van der Waals surface area contributed by atoms with Gasteiger partial charge in [-0.05, 0) is 32.5 Å². The molecule has 0 aliphatic carbocycles. The zero-order chi connectivity index (χ0) is 15.1. The minimum Gasteiger partial charge on any atom is -0.308 e. The topological polar surface area (TPSA) is 21.8 Å². The van der Waals surface area contributed by atoms with E-state index < -0.39 is 0 Å². The lowest BCUT2D eigenvalue weighted by molar-refractivity contribution is 0.125. The van der Waals surface area contributed by atoms with Crippen molar-refractivity contribution in [2.75, 3.05) is 66.5 Å². The van der Waals surface area contributed by atoms with Gasteiger partial charge in [-0.3, -0.25) is 9.80 Å². The molecule has 0 amide bonds. The van der Waals surface area contributed by atoms with Crippen LogP contribution in [-0.4, -0.2) is 81.2 Å². The maximum Gasteiger partial charge on any atom is 0.0386 e. The first-order chi connectivity index (χ1) is 10.1.